The van der Waals surface area contributed by atoms with E-state index in [1.807, 2.05) is 48.5 Å². The van der Waals surface area contributed by atoms with Crippen molar-refractivity contribution in [2.45, 2.75) is 25.3 Å². The Hall–Kier alpha value is -3.15. The van der Waals surface area contributed by atoms with Crippen molar-refractivity contribution < 1.29 is 23.9 Å². The number of carbonyl (C=O) groups is 3. The van der Waals surface area contributed by atoms with E-state index < -0.39 is 29.8 Å². The number of fused-ring (bicyclic) bond motifs is 3. The summed E-state index contributed by atoms with van der Waals surface area (Å²) in [5.74, 6) is -2.42. The van der Waals surface area contributed by atoms with Crippen molar-refractivity contribution in [2.75, 3.05) is 14.2 Å². The Bertz CT molecular complexity index is 862. The number of nitrogens with one attached hydrogen (secondary N) is 1. The molecule has 6 heteroatoms. The van der Waals surface area contributed by atoms with Gasteiger partial charge in [-0.25, -0.2) is 4.79 Å². The maximum Gasteiger partial charge on any atom is 0.328 e. The van der Waals surface area contributed by atoms with Crippen LogP contribution in [0.25, 0.3) is 11.1 Å². The highest BCUT2D eigenvalue weighted by Gasteiger charge is 2.36. The predicted molar refractivity (Wildman–Crippen MR) is 103 cm³/mol. The first-order valence-corrected chi connectivity index (χ1v) is 9.12. The van der Waals surface area contributed by atoms with Crippen LogP contribution in [0.3, 0.4) is 0 Å². The summed E-state index contributed by atoms with van der Waals surface area (Å²) >= 11 is 0. The van der Waals surface area contributed by atoms with E-state index in [1.165, 1.54) is 14.2 Å². The van der Waals surface area contributed by atoms with Gasteiger partial charge in [-0.3, -0.25) is 9.59 Å². The monoisotopic (exact) mass is 381 g/mol. The van der Waals surface area contributed by atoms with Crippen LogP contribution in [0.2, 0.25) is 0 Å². The van der Waals surface area contributed by atoms with Crippen molar-refractivity contribution in [1.29, 1.82) is 0 Å². The summed E-state index contributed by atoms with van der Waals surface area (Å²) in [5, 5.41) is 2.78. The lowest BCUT2D eigenvalue weighted by atomic mass is 9.94. The molecular weight excluding hydrogens is 358 g/mol. The zero-order chi connectivity index (χ0) is 20.3. The van der Waals surface area contributed by atoms with E-state index in [4.69, 9.17) is 9.47 Å². The van der Waals surface area contributed by atoms with Crippen LogP contribution in [0, 0.1) is 5.92 Å². The molecule has 2 aromatic carbocycles. The second kappa shape index (κ2) is 8.25. The van der Waals surface area contributed by atoms with Crippen LogP contribution in [0.5, 0.6) is 0 Å². The van der Waals surface area contributed by atoms with E-state index in [2.05, 4.69) is 5.32 Å². The zero-order valence-corrected chi connectivity index (χ0v) is 16.1. The Balaban J connectivity index is 1.88. The second-order valence-electron chi connectivity index (χ2n) is 6.85. The summed E-state index contributed by atoms with van der Waals surface area (Å²) in [7, 11) is 2.54. The largest absolute Gasteiger partial charge is 0.469 e. The first-order valence-electron chi connectivity index (χ1n) is 9.12. The molecule has 1 N–H and O–H groups in total. The molecule has 0 spiro atoms. The summed E-state index contributed by atoms with van der Waals surface area (Å²) in [4.78, 5) is 37.1. The van der Waals surface area contributed by atoms with E-state index in [0.717, 1.165) is 22.3 Å². The average Bonchev–Trinajstić information content (AvgIpc) is 3.06. The van der Waals surface area contributed by atoms with Crippen molar-refractivity contribution in [3.8, 4) is 11.1 Å². The lowest BCUT2D eigenvalue weighted by molar-refractivity contribution is -0.148. The molecule has 0 aromatic heterocycles. The zero-order valence-electron chi connectivity index (χ0n) is 16.1. The van der Waals surface area contributed by atoms with E-state index in [-0.39, 0.29) is 12.3 Å². The van der Waals surface area contributed by atoms with Gasteiger partial charge < -0.3 is 14.8 Å². The molecular formula is C22H23NO5. The molecule has 28 heavy (non-hydrogen) atoms. The van der Waals surface area contributed by atoms with Gasteiger partial charge in [0, 0.05) is 0 Å². The first-order chi connectivity index (χ1) is 13.5. The first kappa shape index (κ1) is 19.6. The summed E-state index contributed by atoms with van der Waals surface area (Å²) in [6.45, 7) is 1.65. The number of amides is 1. The Morgan fingerprint density at radius 1 is 0.893 bits per heavy atom. The van der Waals surface area contributed by atoms with Crippen LogP contribution in [0.1, 0.15) is 30.4 Å². The Kier molecular flexibility index (Phi) is 5.78. The predicted octanol–water partition coefficient (Wildman–Crippen LogP) is 2.66. The molecule has 0 saturated carbocycles. The van der Waals surface area contributed by atoms with Crippen LogP contribution in [0.15, 0.2) is 48.5 Å². The quantitative estimate of drug-likeness (QED) is 0.778. The molecule has 3 rings (SSSR count). The fourth-order valence-electron chi connectivity index (χ4n) is 3.70. The minimum atomic E-state index is -0.938. The molecule has 0 aliphatic heterocycles. The molecule has 6 nitrogen and oxygen atoms in total. The van der Waals surface area contributed by atoms with Crippen LogP contribution in [-0.2, 0) is 23.9 Å². The van der Waals surface area contributed by atoms with E-state index >= 15 is 0 Å². The van der Waals surface area contributed by atoms with Crippen LogP contribution in [0.4, 0.5) is 0 Å². The van der Waals surface area contributed by atoms with Gasteiger partial charge in [-0.2, -0.15) is 0 Å². The third-order valence-electron chi connectivity index (χ3n) is 5.09. The molecule has 0 bridgehead atoms. The smallest absolute Gasteiger partial charge is 0.328 e. The van der Waals surface area contributed by atoms with Gasteiger partial charge in [-0.1, -0.05) is 55.5 Å². The van der Waals surface area contributed by atoms with Gasteiger partial charge in [0.05, 0.1) is 26.1 Å². The van der Waals surface area contributed by atoms with Crippen LogP contribution in [-0.4, -0.2) is 38.1 Å². The number of ether oxygens (including phenoxy) is 2. The van der Waals surface area contributed by atoms with Gasteiger partial charge in [0.2, 0.25) is 5.91 Å². The van der Waals surface area contributed by atoms with Gasteiger partial charge in [0.25, 0.3) is 0 Å². The lowest BCUT2D eigenvalue weighted by Gasteiger charge is -2.22. The van der Waals surface area contributed by atoms with Crippen molar-refractivity contribution >= 4 is 17.8 Å². The minimum absolute atomic E-state index is 0.0983. The molecule has 2 atom stereocenters. The van der Waals surface area contributed by atoms with Gasteiger partial charge >= 0.3 is 11.9 Å². The standard InChI is InChI=1S/C22H23NO5/c1-13(21(25)27-2)12-18(22(26)28-3)23-20(24)19-16-10-6-4-8-14(16)15-9-5-7-11-17(15)19/h4-11,13,18-19H,12H2,1-3H3,(H,23,24)/t13-,18+/m0/s1. The van der Waals surface area contributed by atoms with Crippen molar-refractivity contribution in [3.63, 3.8) is 0 Å². The molecule has 1 aliphatic carbocycles. The molecule has 0 saturated heterocycles. The van der Waals surface area contributed by atoms with E-state index in [9.17, 15) is 14.4 Å². The molecule has 146 valence electrons. The van der Waals surface area contributed by atoms with Crippen molar-refractivity contribution in [1.82, 2.24) is 5.32 Å². The normalized spacial score (nSPS) is 14.4. The van der Waals surface area contributed by atoms with Crippen LogP contribution >= 0.6 is 0 Å². The molecule has 0 heterocycles. The SMILES string of the molecule is COC(=O)[C@@H](C)C[C@@H](NC(=O)C1c2ccccc2-c2ccccc21)C(=O)OC. The third kappa shape index (κ3) is 3.63. The second-order valence-corrected chi connectivity index (χ2v) is 6.85. The number of methoxy groups -OCH3 is 2. The van der Waals surface area contributed by atoms with Crippen molar-refractivity contribution in [3.05, 3.63) is 59.7 Å². The maximum atomic E-state index is 13.2. The summed E-state index contributed by atoms with van der Waals surface area (Å²) < 4.78 is 9.54. The van der Waals surface area contributed by atoms with Gasteiger partial charge in [-0.15, -0.1) is 0 Å². The van der Waals surface area contributed by atoms with Gasteiger partial charge in [-0.05, 0) is 28.7 Å². The molecule has 2 aromatic rings. The number of esters is 2. The van der Waals surface area contributed by atoms with E-state index in [1.54, 1.807) is 6.92 Å². The highest BCUT2D eigenvalue weighted by molar-refractivity contribution is 5.97. The molecule has 1 aliphatic rings. The van der Waals surface area contributed by atoms with Gasteiger partial charge in [0.15, 0.2) is 0 Å². The highest BCUT2D eigenvalue weighted by Crippen LogP contribution is 2.44. The van der Waals surface area contributed by atoms with E-state index in [0.29, 0.717) is 0 Å². The molecule has 0 fully saturated rings. The van der Waals surface area contributed by atoms with Gasteiger partial charge in [0.1, 0.15) is 6.04 Å². The molecule has 1 amide bonds. The number of hydrogen-bond donors (Lipinski definition) is 1. The Labute approximate surface area is 163 Å². The Morgan fingerprint density at radius 3 is 1.89 bits per heavy atom. The summed E-state index contributed by atoms with van der Waals surface area (Å²) in [6.07, 6.45) is 0.0983. The van der Waals surface area contributed by atoms with Crippen LogP contribution < -0.4 is 5.32 Å². The number of carbonyl (C=O) groups excluding carboxylic acids is 3. The maximum absolute atomic E-state index is 13.2. The number of hydrogen-bond acceptors (Lipinski definition) is 5. The number of rotatable bonds is 6. The highest BCUT2D eigenvalue weighted by atomic mass is 16.5. The summed E-state index contributed by atoms with van der Waals surface area (Å²) in [6, 6.07) is 14.5. The minimum Gasteiger partial charge on any atom is -0.469 e. The third-order valence-corrected chi connectivity index (χ3v) is 5.09. The molecule has 0 radical (unpaired) electrons. The average molecular weight is 381 g/mol. The number of benzene rings is 2. The topological polar surface area (TPSA) is 81.7 Å². The van der Waals surface area contributed by atoms with Crippen molar-refractivity contribution in [2.24, 2.45) is 5.92 Å². The lowest BCUT2D eigenvalue weighted by Crippen LogP contribution is -2.45. The molecule has 0 unspecified atom stereocenters. The fraction of sp³-hybridized carbons (Fsp3) is 0.318. The Morgan fingerprint density at radius 2 is 1.39 bits per heavy atom. The fourth-order valence-corrected chi connectivity index (χ4v) is 3.70. The summed E-state index contributed by atoms with van der Waals surface area (Å²) in [5.41, 5.74) is 3.81.